The fourth-order valence-electron chi connectivity index (χ4n) is 3.68. The summed E-state index contributed by atoms with van der Waals surface area (Å²) in [6.07, 6.45) is 6.81. The van der Waals surface area contributed by atoms with E-state index in [2.05, 4.69) is 22.1 Å². The Hall–Kier alpha value is -2.69. The third kappa shape index (κ3) is 3.27. The van der Waals surface area contributed by atoms with Gasteiger partial charge in [-0.05, 0) is 61.9 Å². The van der Waals surface area contributed by atoms with E-state index < -0.39 is 0 Å². The Balaban J connectivity index is 1.49. The SMILES string of the molecule is Cc1cn[nH]c1CC1CCCN(C(=O)c2ccc3ncccc3c2)C1. The van der Waals surface area contributed by atoms with Crippen molar-refractivity contribution in [1.82, 2.24) is 20.1 Å². The predicted molar refractivity (Wildman–Crippen MR) is 97.4 cm³/mol. The van der Waals surface area contributed by atoms with Crippen LogP contribution >= 0.6 is 0 Å². The molecule has 3 aromatic rings. The molecule has 1 fully saturated rings. The smallest absolute Gasteiger partial charge is 0.253 e. The van der Waals surface area contributed by atoms with Crippen molar-refractivity contribution in [3.63, 3.8) is 0 Å². The second-order valence-corrected chi connectivity index (χ2v) is 6.91. The first-order chi connectivity index (χ1) is 12.2. The van der Waals surface area contributed by atoms with Gasteiger partial charge in [0.2, 0.25) is 0 Å². The summed E-state index contributed by atoms with van der Waals surface area (Å²) >= 11 is 0. The molecule has 1 amide bonds. The van der Waals surface area contributed by atoms with Gasteiger partial charge in [-0.2, -0.15) is 5.10 Å². The van der Waals surface area contributed by atoms with E-state index in [1.54, 1.807) is 6.20 Å². The highest BCUT2D eigenvalue weighted by molar-refractivity contribution is 5.98. The monoisotopic (exact) mass is 334 g/mol. The Morgan fingerprint density at radius 1 is 1.36 bits per heavy atom. The van der Waals surface area contributed by atoms with Crippen molar-refractivity contribution in [3.8, 4) is 0 Å². The molecule has 25 heavy (non-hydrogen) atoms. The van der Waals surface area contributed by atoms with Crippen molar-refractivity contribution in [3.05, 3.63) is 59.5 Å². The Labute approximate surface area is 147 Å². The summed E-state index contributed by atoms with van der Waals surface area (Å²) in [5, 5.41) is 8.20. The molecule has 5 heteroatoms. The molecule has 1 aliphatic rings. The molecule has 1 aliphatic heterocycles. The zero-order valence-corrected chi connectivity index (χ0v) is 14.4. The van der Waals surface area contributed by atoms with Gasteiger partial charge in [0, 0.05) is 35.9 Å². The average Bonchev–Trinajstić information content (AvgIpc) is 3.05. The molecule has 1 saturated heterocycles. The number of aromatic nitrogens is 3. The number of aromatic amines is 1. The van der Waals surface area contributed by atoms with Crippen LogP contribution in [0.5, 0.6) is 0 Å². The standard InChI is InChI=1S/C20H22N4O/c1-14-12-22-23-19(14)10-15-4-3-9-24(13-15)20(25)17-6-7-18-16(11-17)5-2-8-21-18/h2,5-8,11-12,15H,3-4,9-10,13H2,1H3,(H,22,23). The van der Waals surface area contributed by atoms with Gasteiger partial charge in [-0.25, -0.2) is 0 Å². The number of amides is 1. The lowest BCUT2D eigenvalue weighted by molar-refractivity contribution is 0.0673. The van der Waals surface area contributed by atoms with Crippen LogP contribution in [0.4, 0.5) is 0 Å². The van der Waals surface area contributed by atoms with Crippen LogP contribution in [0.25, 0.3) is 10.9 Å². The highest BCUT2D eigenvalue weighted by Gasteiger charge is 2.25. The number of rotatable bonds is 3. The fourth-order valence-corrected chi connectivity index (χ4v) is 3.68. The molecule has 0 bridgehead atoms. The summed E-state index contributed by atoms with van der Waals surface area (Å²) in [6, 6.07) is 9.67. The van der Waals surface area contributed by atoms with Crippen LogP contribution in [0, 0.1) is 12.8 Å². The molecule has 128 valence electrons. The van der Waals surface area contributed by atoms with Crippen molar-refractivity contribution in [1.29, 1.82) is 0 Å². The molecule has 1 atom stereocenters. The van der Waals surface area contributed by atoms with Crippen molar-refractivity contribution >= 4 is 16.8 Å². The highest BCUT2D eigenvalue weighted by Crippen LogP contribution is 2.23. The van der Waals surface area contributed by atoms with Crippen LogP contribution in [0.15, 0.2) is 42.7 Å². The molecule has 0 spiro atoms. The summed E-state index contributed by atoms with van der Waals surface area (Å²) in [7, 11) is 0. The Kier molecular flexibility index (Phi) is 4.22. The first-order valence-electron chi connectivity index (χ1n) is 8.83. The summed E-state index contributed by atoms with van der Waals surface area (Å²) in [4.78, 5) is 19.3. The summed E-state index contributed by atoms with van der Waals surface area (Å²) in [5.74, 6) is 0.607. The van der Waals surface area contributed by atoms with Crippen molar-refractivity contribution < 1.29 is 4.79 Å². The second kappa shape index (κ2) is 6.67. The van der Waals surface area contributed by atoms with Crippen molar-refractivity contribution in [2.24, 2.45) is 5.92 Å². The van der Waals surface area contributed by atoms with E-state index in [1.165, 1.54) is 11.3 Å². The lowest BCUT2D eigenvalue weighted by Gasteiger charge is -2.33. The molecule has 2 aromatic heterocycles. The number of benzene rings is 1. The number of fused-ring (bicyclic) bond motifs is 1. The van der Waals surface area contributed by atoms with Crippen LogP contribution in [-0.4, -0.2) is 39.1 Å². The van der Waals surface area contributed by atoms with Crippen LogP contribution < -0.4 is 0 Å². The lowest BCUT2D eigenvalue weighted by atomic mass is 9.92. The molecule has 3 heterocycles. The number of piperidine rings is 1. The minimum absolute atomic E-state index is 0.122. The Morgan fingerprint density at radius 3 is 3.12 bits per heavy atom. The first kappa shape index (κ1) is 15.8. The minimum Gasteiger partial charge on any atom is -0.338 e. The van der Waals surface area contributed by atoms with Crippen LogP contribution in [0.3, 0.4) is 0 Å². The first-order valence-corrected chi connectivity index (χ1v) is 8.83. The van der Waals surface area contributed by atoms with Gasteiger partial charge in [0.05, 0.1) is 11.7 Å². The van der Waals surface area contributed by atoms with Gasteiger partial charge < -0.3 is 4.90 Å². The number of nitrogens with one attached hydrogen (secondary N) is 1. The second-order valence-electron chi connectivity index (χ2n) is 6.91. The fraction of sp³-hybridized carbons (Fsp3) is 0.350. The van der Waals surface area contributed by atoms with Crippen LogP contribution in [-0.2, 0) is 6.42 Å². The predicted octanol–water partition coefficient (Wildman–Crippen LogP) is 3.36. The number of carbonyl (C=O) groups is 1. The molecule has 4 rings (SSSR count). The maximum atomic E-state index is 12.9. The van der Waals surface area contributed by atoms with Gasteiger partial charge in [-0.15, -0.1) is 0 Å². The zero-order chi connectivity index (χ0) is 17.2. The number of nitrogens with zero attached hydrogens (tertiary/aromatic N) is 3. The molecule has 0 radical (unpaired) electrons. The number of aryl methyl sites for hydroxylation is 1. The van der Waals surface area contributed by atoms with Gasteiger partial charge in [-0.1, -0.05) is 6.07 Å². The summed E-state index contributed by atoms with van der Waals surface area (Å²) in [5.41, 5.74) is 4.06. The number of hydrogen-bond acceptors (Lipinski definition) is 3. The van der Waals surface area contributed by atoms with Crippen molar-refractivity contribution in [2.75, 3.05) is 13.1 Å². The van der Waals surface area contributed by atoms with E-state index in [-0.39, 0.29) is 5.91 Å². The molecule has 0 saturated carbocycles. The zero-order valence-electron chi connectivity index (χ0n) is 14.4. The summed E-state index contributed by atoms with van der Waals surface area (Å²) < 4.78 is 0. The highest BCUT2D eigenvalue weighted by atomic mass is 16.2. The van der Waals surface area contributed by atoms with Gasteiger partial charge in [0.15, 0.2) is 0 Å². The van der Waals surface area contributed by atoms with Gasteiger partial charge in [0.1, 0.15) is 0 Å². The molecular formula is C20H22N4O. The van der Waals surface area contributed by atoms with E-state index in [0.717, 1.165) is 48.8 Å². The van der Waals surface area contributed by atoms with Crippen molar-refractivity contribution in [2.45, 2.75) is 26.2 Å². The van der Waals surface area contributed by atoms with Gasteiger partial charge in [-0.3, -0.25) is 14.9 Å². The average molecular weight is 334 g/mol. The molecule has 5 nitrogen and oxygen atoms in total. The quantitative estimate of drug-likeness (QED) is 0.799. The molecule has 1 aromatic carbocycles. The third-order valence-corrected chi connectivity index (χ3v) is 5.08. The van der Waals surface area contributed by atoms with E-state index in [0.29, 0.717) is 5.92 Å². The number of pyridine rings is 1. The molecule has 1 unspecified atom stereocenters. The van der Waals surface area contributed by atoms with E-state index in [4.69, 9.17) is 0 Å². The number of carbonyl (C=O) groups excluding carboxylic acids is 1. The van der Waals surface area contributed by atoms with Gasteiger partial charge in [0.25, 0.3) is 5.91 Å². The molecule has 1 N–H and O–H groups in total. The molecule has 0 aliphatic carbocycles. The van der Waals surface area contributed by atoms with E-state index >= 15 is 0 Å². The molecular weight excluding hydrogens is 312 g/mol. The summed E-state index contributed by atoms with van der Waals surface area (Å²) in [6.45, 7) is 3.72. The van der Waals surface area contributed by atoms with E-state index in [9.17, 15) is 4.79 Å². The maximum Gasteiger partial charge on any atom is 0.253 e. The maximum absolute atomic E-state index is 12.9. The van der Waals surface area contributed by atoms with Crippen LogP contribution in [0.2, 0.25) is 0 Å². The van der Waals surface area contributed by atoms with Gasteiger partial charge >= 0.3 is 0 Å². The number of likely N-dealkylation sites (tertiary alicyclic amines) is 1. The largest absolute Gasteiger partial charge is 0.338 e. The Bertz CT molecular complexity index is 901. The van der Waals surface area contributed by atoms with Crippen LogP contribution in [0.1, 0.15) is 34.5 Å². The van der Waals surface area contributed by atoms with E-state index in [1.807, 2.05) is 41.4 Å². The third-order valence-electron chi connectivity index (χ3n) is 5.08. The normalized spacial score (nSPS) is 17.8. The topological polar surface area (TPSA) is 61.9 Å². The Morgan fingerprint density at radius 2 is 2.28 bits per heavy atom. The number of hydrogen-bond donors (Lipinski definition) is 1. The lowest BCUT2D eigenvalue weighted by Crippen LogP contribution is -2.40. The minimum atomic E-state index is 0.122. The number of H-pyrrole nitrogens is 1.